The molecule has 0 unspecified atom stereocenters. The van der Waals surface area contributed by atoms with Crippen LogP contribution in [0.4, 0.5) is 0 Å². The molecule has 0 bridgehead atoms. The van der Waals surface area contributed by atoms with Gasteiger partial charge in [-0.3, -0.25) is 4.90 Å². The summed E-state index contributed by atoms with van der Waals surface area (Å²) < 4.78 is 28.5. The predicted octanol–water partition coefficient (Wildman–Crippen LogP) is 3.57. The van der Waals surface area contributed by atoms with Gasteiger partial charge in [-0.2, -0.15) is 4.31 Å². The predicted molar refractivity (Wildman–Crippen MR) is 104 cm³/mol. The first-order chi connectivity index (χ1) is 11.9. The number of hydrogen-bond donors (Lipinski definition) is 0. The SMILES string of the molecule is Cc1cc(C)c(S(=O)(=O)N2CCN(Cc3ccccc3)CC2)cc1Br. The molecular weight excluding hydrogens is 400 g/mol. The summed E-state index contributed by atoms with van der Waals surface area (Å²) >= 11 is 3.45. The number of hydrogen-bond acceptors (Lipinski definition) is 3. The van der Waals surface area contributed by atoms with E-state index in [4.69, 9.17) is 0 Å². The summed E-state index contributed by atoms with van der Waals surface area (Å²) in [6, 6.07) is 13.9. The smallest absolute Gasteiger partial charge is 0.243 e. The summed E-state index contributed by atoms with van der Waals surface area (Å²) in [5.74, 6) is 0. The summed E-state index contributed by atoms with van der Waals surface area (Å²) in [5.41, 5.74) is 3.11. The summed E-state index contributed by atoms with van der Waals surface area (Å²) in [6.45, 7) is 7.25. The van der Waals surface area contributed by atoms with E-state index in [1.165, 1.54) is 5.56 Å². The maximum Gasteiger partial charge on any atom is 0.243 e. The van der Waals surface area contributed by atoms with Crippen molar-refractivity contribution in [3.05, 3.63) is 63.6 Å². The first-order valence-corrected chi connectivity index (χ1v) is 10.6. The molecular formula is C19H23BrN2O2S. The van der Waals surface area contributed by atoms with Gasteiger partial charge in [-0.05, 0) is 36.6 Å². The minimum absolute atomic E-state index is 0.404. The number of halogens is 1. The molecule has 1 heterocycles. The third kappa shape index (κ3) is 4.14. The molecule has 134 valence electrons. The zero-order valence-electron chi connectivity index (χ0n) is 14.6. The Kier molecular flexibility index (Phi) is 5.63. The second-order valence-electron chi connectivity index (χ2n) is 6.53. The molecule has 0 atom stereocenters. The number of piperazine rings is 1. The van der Waals surface area contributed by atoms with Crippen LogP contribution in [0.3, 0.4) is 0 Å². The third-order valence-electron chi connectivity index (χ3n) is 4.65. The molecule has 6 heteroatoms. The second-order valence-corrected chi connectivity index (χ2v) is 9.29. The lowest BCUT2D eigenvalue weighted by molar-refractivity contribution is 0.181. The minimum Gasteiger partial charge on any atom is -0.296 e. The molecule has 4 nitrogen and oxygen atoms in total. The number of rotatable bonds is 4. The van der Waals surface area contributed by atoms with Gasteiger partial charge in [0, 0.05) is 37.2 Å². The average Bonchev–Trinajstić information content (AvgIpc) is 2.59. The van der Waals surface area contributed by atoms with E-state index in [1.54, 1.807) is 10.4 Å². The zero-order valence-corrected chi connectivity index (χ0v) is 17.0. The van der Waals surface area contributed by atoms with Gasteiger partial charge in [0.15, 0.2) is 0 Å². The molecule has 1 fully saturated rings. The summed E-state index contributed by atoms with van der Waals surface area (Å²) in [5, 5.41) is 0. The van der Waals surface area contributed by atoms with Crippen molar-refractivity contribution in [1.82, 2.24) is 9.21 Å². The van der Waals surface area contributed by atoms with E-state index in [-0.39, 0.29) is 0 Å². The van der Waals surface area contributed by atoms with Gasteiger partial charge in [0.2, 0.25) is 10.0 Å². The molecule has 2 aromatic carbocycles. The van der Waals surface area contributed by atoms with E-state index in [2.05, 4.69) is 33.0 Å². The van der Waals surface area contributed by atoms with Crippen molar-refractivity contribution in [3.63, 3.8) is 0 Å². The first-order valence-electron chi connectivity index (χ1n) is 8.41. The van der Waals surface area contributed by atoms with Crippen LogP contribution in [-0.4, -0.2) is 43.8 Å². The number of aryl methyl sites for hydroxylation is 2. The molecule has 0 spiro atoms. The van der Waals surface area contributed by atoms with Crippen LogP contribution in [0.15, 0.2) is 51.8 Å². The standard InChI is InChI=1S/C19H23BrN2O2S/c1-15-12-16(2)19(13-18(15)20)25(23,24)22-10-8-21(9-11-22)14-17-6-4-3-5-7-17/h3-7,12-13H,8-11,14H2,1-2H3. The van der Waals surface area contributed by atoms with Crippen LogP contribution in [0.2, 0.25) is 0 Å². The fraction of sp³-hybridized carbons (Fsp3) is 0.368. The molecule has 0 N–H and O–H groups in total. The zero-order chi connectivity index (χ0) is 18.0. The van der Waals surface area contributed by atoms with Gasteiger partial charge in [0.1, 0.15) is 0 Å². The monoisotopic (exact) mass is 422 g/mol. The molecule has 0 aromatic heterocycles. The Morgan fingerprint density at radius 3 is 2.24 bits per heavy atom. The van der Waals surface area contributed by atoms with Crippen LogP contribution in [0.5, 0.6) is 0 Å². The third-order valence-corrected chi connectivity index (χ3v) is 7.55. The van der Waals surface area contributed by atoms with E-state index >= 15 is 0 Å². The highest BCUT2D eigenvalue weighted by Crippen LogP contribution is 2.27. The van der Waals surface area contributed by atoms with Gasteiger partial charge in [-0.25, -0.2) is 8.42 Å². The lowest BCUT2D eigenvalue weighted by atomic mass is 10.2. The quantitative estimate of drug-likeness (QED) is 0.755. The van der Waals surface area contributed by atoms with Crippen LogP contribution in [0.25, 0.3) is 0 Å². The Bertz CT molecular complexity index is 845. The Morgan fingerprint density at radius 1 is 0.960 bits per heavy atom. The summed E-state index contributed by atoms with van der Waals surface area (Å²) in [7, 11) is -3.45. The Labute approximate surface area is 158 Å². The van der Waals surface area contributed by atoms with Gasteiger partial charge in [-0.15, -0.1) is 0 Å². The van der Waals surface area contributed by atoms with E-state index in [9.17, 15) is 8.42 Å². The fourth-order valence-corrected chi connectivity index (χ4v) is 5.34. The topological polar surface area (TPSA) is 40.6 Å². The van der Waals surface area contributed by atoms with Gasteiger partial charge in [0.25, 0.3) is 0 Å². The van der Waals surface area contributed by atoms with Crippen LogP contribution >= 0.6 is 15.9 Å². The summed E-state index contributed by atoms with van der Waals surface area (Å²) in [4.78, 5) is 2.71. The van der Waals surface area contributed by atoms with Gasteiger partial charge in [-0.1, -0.05) is 52.3 Å². The molecule has 0 aliphatic carbocycles. The Hall–Kier alpha value is -1.21. The number of benzene rings is 2. The van der Waals surface area contributed by atoms with E-state index in [0.717, 1.165) is 35.2 Å². The molecule has 1 saturated heterocycles. The van der Waals surface area contributed by atoms with Crippen LogP contribution < -0.4 is 0 Å². The lowest BCUT2D eigenvalue weighted by Crippen LogP contribution is -2.48. The largest absolute Gasteiger partial charge is 0.296 e. The maximum atomic E-state index is 13.0. The van der Waals surface area contributed by atoms with Crippen molar-refractivity contribution in [2.24, 2.45) is 0 Å². The van der Waals surface area contributed by atoms with Crippen LogP contribution in [0.1, 0.15) is 16.7 Å². The van der Waals surface area contributed by atoms with Gasteiger partial charge < -0.3 is 0 Å². The van der Waals surface area contributed by atoms with E-state index in [0.29, 0.717) is 18.0 Å². The highest BCUT2D eigenvalue weighted by atomic mass is 79.9. The molecule has 25 heavy (non-hydrogen) atoms. The molecule has 1 aliphatic rings. The molecule has 0 amide bonds. The Balaban J connectivity index is 1.71. The normalized spacial score (nSPS) is 16.9. The molecule has 2 aromatic rings. The molecule has 1 aliphatic heterocycles. The van der Waals surface area contributed by atoms with Gasteiger partial charge >= 0.3 is 0 Å². The van der Waals surface area contributed by atoms with Crippen LogP contribution in [-0.2, 0) is 16.6 Å². The lowest BCUT2D eigenvalue weighted by Gasteiger charge is -2.34. The van der Waals surface area contributed by atoms with Crippen molar-refractivity contribution in [3.8, 4) is 0 Å². The molecule has 0 saturated carbocycles. The second kappa shape index (κ2) is 7.58. The van der Waals surface area contributed by atoms with Crippen molar-refractivity contribution in [2.75, 3.05) is 26.2 Å². The van der Waals surface area contributed by atoms with Crippen LogP contribution in [0, 0.1) is 13.8 Å². The van der Waals surface area contributed by atoms with Gasteiger partial charge in [0.05, 0.1) is 4.90 Å². The van der Waals surface area contributed by atoms with E-state index < -0.39 is 10.0 Å². The highest BCUT2D eigenvalue weighted by Gasteiger charge is 2.30. The first kappa shape index (κ1) is 18.6. The van der Waals surface area contributed by atoms with Crippen molar-refractivity contribution < 1.29 is 8.42 Å². The number of nitrogens with zero attached hydrogens (tertiary/aromatic N) is 2. The highest BCUT2D eigenvalue weighted by molar-refractivity contribution is 9.10. The fourth-order valence-electron chi connectivity index (χ4n) is 3.19. The average molecular weight is 423 g/mol. The minimum atomic E-state index is -3.45. The van der Waals surface area contributed by atoms with E-state index in [1.807, 2.05) is 38.1 Å². The maximum absolute atomic E-state index is 13.0. The Morgan fingerprint density at radius 2 is 1.60 bits per heavy atom. The van der Waals surface area contributed by atoms with Crippen molar-refractivity contribution >= 4 is 26.0 Å². The summed E-state index contributed by atoms with van der Waals surface area (Å²) in [6.07, 6.45) is 0. The van der Waals surface area contributed by atoms with Crippen molar-refractivity contribution in [1.29, 1.82) is 0 Å². The number of sulfonamides is 1. The van der Waals surface area contributed by atoms with Crippen molar-refractivity contribution in [2.45, 2.75) is 25.3 Å². The molecule has 3 rings (SSSR count). The molecule has 0 radical (unpaired) electrons.